The zero-order chi connectivity index (χ0) is 19.8. The molecule has 0 saturated carbocycles. The topological polar surface area (TPSA) is 78.7 Å². The Kier molecular flexibility index (Phi) is 5.78. The summed E-state index contributed by atoms with van der Waals surface area (Å²) < 4.78 is 0. The molecule has 1 N–H and O–H groups in total. The van der Waals surface area contributed by atoms with E-state index in [1.54, 1.807) is 24.6 Å². The monoisotopic (exact) mass is 402 g/mol. The average molecular weight is 403 g/mol. The number of carbonyl (C=O) groups is 1. The van der Waals surface area contributed by atoms with Crippen molar-refractivity contribution in [3.05, 3.63) is 16.8 Å². The van der Waals surface area contributed by atoms with Crippen molar-refractivity contribution in [1.29, 1.82) is 5.26 Å². The Morgan fingerprint density at radius 3 is 2.85 bits per heavy atom. The van der Waals surface area contributed by atoms with Crippen LogP contribution in [0.4, 0.5) is 0 Å². The maximum atomic E-state index is 12.7. The fraction of sp³-hybridized carbons (Fsp3) is 0.600. The van der Waals surface area contributed by atoms with E-state index in [-0.39, 0.29) is 17.1 Å². The van der Waals surface area contributed by atoms with Crippen molar-refractivity contribution >= 4 is 39.2 Å². The van der Waals surface area contributed by atoms with Gasteiger partial charge in [-0.25, -0.2) is 9.97 Å². The second-order valence-corrected chi connectivity index (χ2v) is 10.3. The number of amides is 1. The van der Waals surface area contributed by atoms with Gasteiger partial charge in [0.05, 0.1) is 11.3 Å². The van der Waals surface area contributed by atoms with Gasteiger partial charge in [0.15, 0.2) is 0 Å². The van der Waals surface area contributed by atoms with Gasteiger partial charge in [-0.15, -0.1) is 11.3 Å². The van der Waals surface area contributed by atoms with E-state index in [0.717, 1.165) is 28.1 Å². The molecule has 0 radical (unpaired) electrons. The number of nitriles is 1. The first-order valence-electron chi connectivity index (χ1n) is 9.40. The number of aryl methyl sites for hydroxylation is 1. The van der Waals surface area contributed by atoms with Crippen molar-refractivity contribution in [3.63, 3.8) is 0 Å². The summed E-state index contributed by atoms with van der Waals surface area (Å²) in [5.41, 5.74) is 0.498. The molecule has 2 aromatic heterocycles. The Labute approximate surface area is 169 Å². The summed E-state index contributed by atoms with van der Waals surface area (Å²) in [6.07, 6.45) is 4.93. The molecule has 0 fully saturated rings. The minimum Gasteiger partial charge on any atom is -0.337 e. The second kappa shape index (κ2) is 7.76. The van der Waals surface area contributed by atoms with Gasteiger partial charge in [0.1, 0.15) is 21.7 Å². The van der Waals surface area contributed by atoms with Crippen LogP contribution in [0.3, 0.4) is 0 Å². The van der Waals surface area contributed by atoms with Crippen molar-refractivity contribution < 1.29 is 4.79 Å². The highest BCUT2D eigenvalue weighted by Crippen LogP contribution is 2.41. The Morgan fingerprint density at radius 2 is 2.19 bits per heavy atom. The van der Waals surface area contributed by atoms with Crippen LogP contribution >= 0.6 is 23.1 Å². The summed E-state index contributed by atoms with van der Waals surface area (Å²) in [7, 11) is 0. The molecule has 0 bridgehead atoms. The molecule has 2 aromatic rings. The molecule has 0 saturated heterocycles. The summed E-state index contributed by atoms with van der Waals surface area (Å²) in [6, 6.07) is 2.23. The maximum absolute atomic E-state index is 12.7. The molecular weight excluding hydrogens is 376 g/mol. The van der Waals surface area contributed by atoms with E-state index in [1.165, 1.54) is 28.6 Å². The van der Waals surface area contributed by atoms with Gasteiger partial charge in [0.25, 0.3) is 0 Å². The molecule has 27 heavy (non-hydrogen) atoms. The van der Waals surface area contributed by atoms with Crippen LogP contribution in [0, 0.1) is 23.2 Å². The lowest BCUT2D eigenvalue weighted by molar-refractivity contribution is -0.121. The molecule has 2 heterocycles. The lowest BCUT2D eigenvalue weighted by atomic mass is 9.89. The summed E-state index contributed by atoms with van der Waals surface area (Å²) in [4.78, 5) is 24.1. The van der Waals surface area contributed by atoms with Crippen LogP contribution in [0.2, 0.25) is 0 Å². The lowest BCUT2D eigenvalue weighted by Gasteiger charge is -2.28. The number of aromatic nitrogens is 2. The summed E-state index contributed by atoms with van der Waals surface area (Å²) in [5.74, 6) is 0.599. The van der Waals surface area contributed by atoms with Crippen molar-refractivity contribution in [2.45, 2.75) is 69.7 Å². The SMILES string of the molecule is CC(C)[C@](C)(C#N)NC(=O)[C@@H](C)Sc1ncnc2sc3c(c12)CC[C@@H](C)C3. The van der Waals surface area contributed by atoms with Crippen molar-refractivity contribution in [2.24, 2.45) is 11.8 Å². The molecule has 3 atom stereocenters. The molecular formula is C20H26N4OS2. The van der Waals surface area contributed by atoms with Gasteiger partial charge < -0.3 is 5.32 Å². The van der Waals surface area contributed by atoms with Crippen LogP contribution in [-0.2, 0) is 17.6 Å². The van der Waals surface area contributed by atoms with Crippen molar-refractivity contribution in [3.8, 4) is 6.07 Å². The highest BCUT2D eigenvalue weighted by Gasteiger charge is 2.32. The van der Waals surface area contributed by atoms with E-state index >= 15 is 0 Å². The average Bonchev–Trinajstić information content (AvgIpc) is 2.99. The Morgan fingerprint density at radius 1 is 1.44 bits per heavy atom. The smallest absolute Gasteiger partial charge is 0.234 e. The number of hydrogen-bond acceptors (Lipinski definition) is 6. The Bertz CT molecular complexity index is 901. The number of carbonyl (C=O) groups excluding carboxylic acids is 1. The first kappa shape index (κ1) is 20.1. The predicted molar refractivity (Wildman–Crippen MR) is 111 cm³/mol. The zero-order valence-electron chi connectivity index (χ0n) is 16.5. The molecule has 144 valence electrons. The molecule has 0 spiro atoms. The molecule has 3 rings (SSSR count). The largest absolute Gasteiger partial charge is 0.337 e. The Hall–Kier alpha value is -1.65. The third-order valence-corrected chi connectivity index (χ3v) is 7.75. The van der Waals surface area contributed by atoms with E-state index in [0.29, 0.717) is 5.92 Å². The Balaban J connectivity index is 1.84. The van der Waals surface area contributed by atoms with Gasteiger partial charge in [0.2, 0.25) is 5.91 Å². The molecule has 0 aromatic carbocycles. The lowest BCUT2D eigenvalue weighted by Crippen LogP contribution is -2.51. The van der Waals surface area contributed by atoms with Crippen LogP contribution in [0.15, 0.2) is 11.4 Å². The van der Waals surface area contributed by atoms with Gasteiger partial charge in [-0.1, -0.05) is 32.5 Å². The molecule has 5 nitrogen and oxygen atoms in total. The predicted octanol–water partition coefficient (Wildman–Crippen LogP) is 4.35. The van der Waals surface area contributed by atoms with Crippen LogP contribution in [-0.4, -0.2) is 26.7 Å². The van der Waals surface area contributed by atoms with E-state index in [1.807, 2.05) is 20.8 Å². The molecule has 1 aliphatic rings. The quantitative estimate of drug-likeness (QED) is 0.594. The van der Waals surface area contributed by atoms with E-state index in [4.69, 9.17) is 0 Å². The minimum atomic E-state index is -0.870. The van der Waals surface area contributed by atoms with Gasteiger partial charge in [-0.05, 0) is 50.5 Å². The highest BCUT2D eigenvalue weighted by atomic mass is 32.2. The van der Waals surface area contributed by atoms with Crippen molar-refractivity contribution in [2.75, 3.05) is 0 Å². The van der Waals surface area contributed by atoms with Crippen molar-refractivity contribution in [1.82, 2.24) is 15.3 Å². The fourth-order valence-corrected chi connectivity index (χ4v) is 5.58. The molecule has 0 aliphatic heterocycles. The van der Waals surface area contributed by atoms with E-state index in [9.17, 15) is 10.1 Å². The van der Waals surface area contributed by atoms with Gasteiger partial charge in [-0.3, -0.25) is 4.79 Å². The van der Waals surface area contributed by atoms with Gasteiger partial charge >= 0.3 is 0 Å². The third-order valence-electron chi connectivity index (χ3n) is 5.48. The first-order chi connectivity index (χ1) is 12.7. The van der Waals surface area contributed by atoms with Crippen LogP contribution in [0.5, 0.6) is 0 Å². The summed E-state index contributed by atoms with van der Waals surface area (Å²) >= 11 is 3.22. The fourth-order valence-electron chi connectivity index (χ4n) is 3.22. The summed E-state index contributed by atoms with van der Waals surface area (Å²) in [6.45, 7) is 9.81. The number of rotatable bonds is 5. The molecule has 0 unspecified atom stereocenters. The number of hydrogen-bond donors (Lipinski definition) is 1. The summed E-state index contributed by atoms with van der Waals surface area (Å²) in [5, 5.41) is 14.0. The van der Waals surface area contributed by atoms with E-state index < -0.39 is 5.54 Å². The van der Waals surface area contributed by atoms with Gasteiger partial charge in [0, 0.05) is 10.3 Å². The molecule has 1 aliphatic carbocycles. The molecule has 1 amide bonds. The third kappa shape index (κ3) is 3.97. The number of thiophene rings is 1. The van der Waals surface area contributed by atoms with Gasteiger partial charge in [-0.2, -0.15) is 5.26 Å². The van der Waals surface area contributed by atoms with Crippen LogP contribution in [0.1, 0.15) is 51.5 Å². The number of thioether (sulfide) groups is 1. The highest BCUT2D eigenvalue weighted by molar-refractivity contribution is 8.00. The maximum Gasteiger partial charge on any atom is 0.234 e. The number of nitrogens with one attached hydrogen (secondary N) is 1. The van der Waals surface area contributed by atoms with Crippen LogP contribution in [0.25, 0.3) is 10.2 Å². The minimum absolute atomic E-state index is 0.0280. The zero-order valence-corrected chi connectivity index (χ0v) is 18.1. The first-order valence-corrected chi connectivity index (χ1v) is 11.1. The number of nitrogens with zero attached hydrogens (tertiary/aromatic N) is 3. The standard InChI is InChI=1S/C20H26N4OS2/c1-11(2)20(5,9-21)24-17(25)13(4)26-18-16-14-7-6-12(3)8-15(14)27-19(16)23-10-22-18/h10-13H,6-8H2,1-5H3,(H,24,25)/t12-,13-,20+/m1/s1. The molecule has 7 heteroatoms. The normalized spacial score (nSPS) is 20.0. The van der Waals surface area contributed by atoms with E-state index in [2.05, 4.69) is 28.3 Å². The van der Waals surface area contributed by atoms with Crippen LogP contribution < -0.4 is 5.32 Å². The second-order valence-electron chi connectivity index (χ2n) is 7.93. The number of fused-ring (bicyclic) bond motifs is 3.